The molecule has 1 N–H and O–H groups in total. The van der Waals surface area contributed by atoms with Gasteiger partial charge < -0.3 is 10.1 Å². The normalized spacial score (nSPS) is 11.6. The Bertz CT molecular complexity index is 607. The fraction of sp³-hybridized carbons (Fsp3) is 0.429. The maximum absolute atomic E-state index is 13.3. The lowest BCUT2D eigenvalue weighted by atomic mass is 10.1. The van der Waals surface area contributed by atoms with Crippen LogP contribution in [0.2, 0.25) is 0 Å². The van der Waals surface area contributed by atoms with Gasteiger partial charge in [-0.1, -0.05) is 23.5 Å². The zero-order valence-corrected chi connectivity index (χ0v) is 12.8. The van der Waals surface area contributed by atoms with Gasteiger partial charge in [0.25, 0.3) is 0 Å². The SMILES string of the molecule is CCOCc1nnc(CNc2cccc(C(F)(F)CF)c2)s1. The topological polar surface area (TPSA) is 47.0 Å². The molecule has 0 radical (unpaired) electrons. The highest BCUT2D eigenvalue weighted by Crippen LogP contribution is 2.30. The van der Waals surface area contributed by atoms with Crippen molar-refractivity contribution in [2.24, 2.45) is 0 Å². The Labute approximate surface area is 130 Å². The van der Waals surface area contributed by atoms with E-state index in [9.17, 15) is 13.2 Å². The molecule has 1 aromatic heterocycles. The van der Waals surface area contributed by atoms with Crippen LogP contribution in [0.15, 0.2) is 24.3 Å². The van der Waals surface area contributed by atoms with Gasteiger partial charge in [-0.15, -0.1) is 10.2 Å². The highest BCUT2D eigenvalue weighted by Gasteiger charge is 2.31. The van der Waals surface area contributed by atoms with Crippen LogP contribution in [0.4, 0.5) is 18.9 Å². The molecule has 0 amide bonds. The largest absolute Gasteiger partial charge is 0.378 e. The van der Waals surface area contributed by atoms with Gasteiger partial charge in [0.2, 0.25) is 0 Å². The summed E-state index contributed by atoms with van der Waals surface area (Å²) in [5, 5.41) is 12.4. The third-order valence-corrected chi connectivity index (χ3v) is 3.73. The van der Waals surface area contributed by atoms with Crippen LogP contribution in [0.25, 0.3) is 0 Å². The monoisotopic (exact) mass is 331 g/mol. The van der Waals surface area contributed by atoms with E-state index in [0.717, 1.165) is 10.0 Å². The number of anilines is 1. The molecule has 0 bridgehead atoms. The van der Waals surface area contributed by atoms with Crippen molar-refractivity contribution in [3.63, 3.8) is 0 Å². The highest BCUT2D eigenvalue weighted by atomic mass is 32.1. The van der Waals surface area contributed by atoms with E-state index in [4.69, 9.17) is 4.74 Å². The minimum atomic E-state index is -3.47. The van der Waals surface area contributed by atoms with Crippen LogP contribution in [-0.2, 0) is 23.8 Å². The predicted octanol–water partition coefficient (Wildman–Crippen LogP) is 3.75. The van der Waals surface area contributed by atoms with Gasteiger partial charge >= 0.3 is 5.92 Å². The summed E-state index contributed by atoms with van der Waals surface area (Å²) in [5.74, 6) is -3.47. The van der Waals surface area contributed by atoms with E-state index in [2.05, 4.69) is 15.5 Å². The molecule has 2 aromatic rings. The second-order valence-electron chi connectivity index (χ2n) is 4.50. The van der Waals surface area contributed by atoms with Gasteiger partial charge in [-0.25, -0.2) is 4.39 Å². The Morgan fingerprint density at radius 3 is 2.77 bits per heavy atom. The number of alkyl halides is 3. The molecule has 22 heavy (non-hydrogen) atoms. The summed E-state index contributed by atoms with van der Waals surface area (Å²) in [6.07, 6.45) is 0. The summed E-state index contributed by atoms with van der Waals surface area (Å²) in [5.41, 5.74) is 0.126. The van der Waals surface area contributed by atoms with Crippen LogP contribution in [0.5, 0.6) is 0 Å². The lowest BCUT2D eigenvalue weighted by molar-refractivity contribution is -0.0280. The number of halogens is 3. The Morgan fingerprint density at radius 2 is 2.05 bits per heavy atom. The molecule has 120 valence electrons. The molecule has 0 atom stereocenters. The number of benzene rings is 1. The molecule has 0 aliphatic heterocycles. The van der Waals surface area contributed by atoms with Gasteiger partial charge in [0.1, 0.15) is 16.6 Å². The average Bonchev–Trinajstić information content (AvgIpc) is 2.99. The smallest absolute Gasteiger partial charge is 0.301 e. The van der Waals surface area contributed by atoms with Crippen LogP contribution in [0, 0.1) is 0 Å². The Kier molecular flexibility index (Phi) is 5.73. The van der Waals surface area contributed by atoms with E-state index in [-0.39, 0.29) is 5.56 Å². The molecule has 0 spiro atoms. The number of hydrogen-bond acceptors (Lipinski definition) is 5. The van der Waals surface area contributed by atoms with Crippen molar-refractivity contribution in [3.8, 4) is 0 Å². The minimum Gasteiger partial charge on any atom is -0.378 e. The summed E-state index contributed by atoms with van der Waals surface area (Å²) >= 11 is 1.39. The molecule has 2 rings (SSSR count). The van der Waals surface area contributed by atoms with Crippen molar-refractivity contribution < 1.29 is 17.9 Å². The molecular weight excluding hydrogens is 315 g/mol. The van der Waals surface area contributed by atoms with Gasteiger partial charge in [0, 0.05) is 17.9 Å². The summed E-state index contributed by atoms with van der Waals surface area (Å²) in [6.45, 7) is 1.54. The van der Waals surface area contributed by atoms with Crippen LogP contribution in [-0.4, -0.2) is 23.5 Å². The first-order valence-electron chi connectivity index (χ1n) is 6.72. The molecular formula is C14H16F3N3OS. The van der Waals surface area contributed by atoms with Crippen molar-refractivity contribution in [2.45, 2.75) is 26.0 Å². The van der Waals surface area contributed by atoms with Crippen molar-refractivity contribution in [2.75, 3.05) is 18.6 Å². The molecule has 4 nitrogen and oxygen atoms in total. The molecule has 0 saturated heterocycles. The van der Waals surface area contributed by atoms with Crippen molar-refractivity contribution in [1.82, 2.24) is 10.2 Å². The molecule has 1 aromatic carbocycles. The first kappa shape index (κ1) is 16.7. The number of rotatable bonds is 8. The van der Waals surface area contributed by atoms with Gasteiger partial charge in [-0.2, -0.15) is 8.78 Å². The summed E-state index contributed by atoms with van der Waals surface area (Å²) in [4.78, 5) is 0. The molecule has 0 aliphatic rings. The summed E-state index contributed by atoms with van der Waals surface area (Å²) in [6, 6.07) is 5.54. The second-order valence-corrected chi connectivity index (χ2v) is 5.65. The van der Waals surface area contributed by atoms with Crippen molar-refractivity contribution >= 4 is 17.0 Å². The molecule has 0 unspecified atom stereocenters. The molecule has 8 heteroatoms. The van der Waals surface area contributed by atoms with Crippen LogP contribution < -0.4 is 5.32 Å². The van der Waals surface area contributed by atoms with E-state index in [0.29, 0.717) is 25.4 Å². The third kappa shape index (κ3) is 4.41. The lowest BCUT2D eigenvalue weighted by Crippen LogP contribution is -2.16. The van der Waals surface area contributed by atoms with E-state index in [1.807, 2.05) is 6.92 Å². The predicted molar refractivity (Wildman–Crippen MR) is 78.9 cm³/mol. The van der Waals surface area contributed by atoms with E-state index >= 15 is 0 Å². The van der Waals surface area contributed by atoms with E-state index < -0.39 is 12.6 Å². The molecule has 0 aliphatic carbocycles. The zero-order valence-electron chi connectivity index (χ0n) is 12.0. The lowest BCUT2D eigenvalue weighted by Gasteiger charge is -2.14. The second kappa shape index (κ2) is 7.55. The van der Waals surface area contributed by atoms with Crippen LogP contribution >= 0.6 is 11.3 Å². The van der Waals surface area contributed by atoms with Gasteiger partial charge in [0.15, 0.2) is 6.67 Å². The van der Waals surface area contributed by atoms with Gasteiger partial charge in [0.05, 0.1) is 6.54 Å². The number of ether oxygens (including phenoxy) is 1. The zero-order chi connectivity index (χ0) is 16.0. The standard InChI is InChI=1S/C14H16F3N3OS/c1-2-21-8-13-20-19-12(22-13)7-18-11-5-3-4-10(6-11)14(16,17)9-15/h3-6,18H,2,7-9H2,1H3. The Balaban J connectivity index is 1.97. The molecule has 0 saturated carbocycles. The number of aromatic nitrogens is 2. The molecule has 0 fully saturated rings. The fourth-order valence-corrected chi connectivity index (χ4v) is 2.44. The maximum Gasteiger partial charge on any atom is 0.301 e. The number of nitrogens with one attached hydrogen (secondary N) is 1. The number of nitrogens with zero attached hydrogens (tertiary/aromatic N) is 2. The van der Waals surface area contributed by atoms with E-state index in [1.165, 1.54) is 29.5 Å². The summed E-state index contributed by atoms with van der Waals surface area (Å²) in [7, 11) is 0. The fourth-order valence-electron chi connectivity index (χ4n) is 1.72. The molecule has 1 heterocycles. The Morgan fingerprint density at radius 1 is 1.27 bits per heavy atom. The van der Waals surface area contributed by atoms with E-state index in [1.54, 1.807) is 6.07 Å². The van der Waals surface area contributed by atoms with Crippen LogP contribution in [0.3, 0.4) is 0 Å². The van der Waals surface area contributed by atoms with Crippen molar-refractivity contribution in [1.29, 1.82) is 0 Å². The van der Waals surface area contributed by atoms with Crippen molar-refractivity contribution in [3.05, 3.63) is 39.8 Å². The van der Waals surface area contributed by atoms with Gasteiger partial charge in [-0.3, -0.25) is 0 Å². The highest BCUT2D eigenvalue weighted by molar-refractivity contribution is 7.11. The average molecular weight is 331 g/mol. The summed E-state index contributed by atoms with van der Waals surface area (Å²) < 4.78 is 44.2. The first-order chi connectivity index (χ1) is 10.5. The van der Waals surface area contributed by atoms with Gasteiger partial charge in [-0.05, 0) is 19.1 Å². The third-order valence-electron chi connectivity index (χ3n) is 2.83. The first-order valence-corrected chi connectivity index (χ1v) is 7.54. The quantitative estimate of drug-likeness (QED) is 0.800. The maximum atomic E-state index is 13.3. The minimum absolute atomic E-state index is 0.353. The Hall–Kier alpha value is -1.67. The van der Waals surface area contributed by atoms with Crippen LogP contribution in [0.1, 0.15) is 22.5 Å². The number of hydrogen-bond donors (Lipinski definition) is 1.